The standard InChI is InChI=1S/C13H15ClN2O3S/c1-9-7-11(19-15-9)8-20(17,18)16-10(2)12-5-3-4-6-13(12)14/h3-7,10,16H,8H2,1-2H3/t10-/m0/s1. The Hall–Kier alpha value is -1.37. The maximum absolute atomic E-state index is 12.1. The van der Waals surface area contributed by atoms with Gasteiger partial charge in [0.05, 0.1) is 5.69 Å². The minimum absolute atomic E-state index is 0.247. The minimum atomic E-state index is -3.53. The van der Waals surface area contributed by atoms with Gasteiger partial charge in [0.2, 0.25) is 10.0 Å². The summed E-state index contributed by atoms with van der Waals surface area (Å²) in [6.07, 6.45) is 0. The maximum Gasteiger partial charge on any atom is 0.219 e. The number of rotatable bonds is 5. The second kappa shape index (κ2) is 5.95. The van der Waals surface area contributed by atoms with Gasteiger partial charge in [-0.1, -0.05) is 35.0 Å². The summed E-state index contributed by atoms with van der Waals surface area (Å²) >= 11 is 6.05. The van der Waals surface area contributed by atoms with Crippen LogP contribution in [0.3, 0.4) is 0 Å². The van der Waals surface area contributed by atoms with Gasteiger partial charge in [-0.05, 0) is 25.5 Å². The second-order valence-corrected chi connectivity index (χ2v) is 6.72. The van der Waals surface area contributed by atoms with Crippen molar-refractivity contribution in [3.8, 4) is 0 Å². The highest BCUT2D eigenvalue weighted by atomic mass is 35.5. The lowest BCUT2D eigenvalue weighted by atomic mass is 10.1. The Bertz CT molecular complexity index is 697. The summed E-state index contributed by atoms with van der Waals surface area (Å²) in [5.74, 6) is 0.0594. The average Bonchev–Trinajstić information content (AvgIpc) is 2.73. The number of sulfonamides is 1. The number of nitrogens with zero attached hydrogens (tertiary/aromatic N) is 1. The molecule has 0 aliphatic carbocycles. The van der Waals surface area contributed by atoms with Crippen molar-refractivity contribution in [2.24, 2.45) is 0 Å². The largest absolute Gasteiger partial charge is 0.360 e. The van der Waals surface area contributed by atoms with Crippen LogP contribution in [-0.4, -0.2) is 13.6 Å². The number of nitrogens with one attached hydrogen (secondary N) is 1. The Morgan fingerprint density at radius 1 is 1.40 bits per heavy atom. The van der Waals surface area contributed by atoms with E-state index in [0.29, 0.717) is 16.5 Å². The highest BCUT2D eigenvalue weighted by Gasteiger charge is 2.20. The summed E-state index contributed by atoms with van der Waals surface area (Å²) in [6.45, 7) is 3.48. The first kappa shape index (κ1) is 15.0. The molecule has 0 spiro atoms. The van der Waals surface area contributed by atoms with Crippen molar-refractivity contribution in [1.29, 1.82) is 0 Å². The molecule has 0 amide bonds. The molecule has 1 heterocycles. The van der Waals surface area contributed by atoms with E-state index in [4.69, 9.17) is 16.1 Å². The average molecular weight is 315 g/mol. The van der Waals surface area contributed by atoms with E-state index >= 15 is 0 Å². The third-order valence-electron chi connectivity index (χ3n) is 2.74. The highest BCUT2D eigenvalue weighted by Crippen LogP contribution is 2.23. The van der Waals surface area contributed by atoms with Gasteiger partial charge in [-0.3, -0.25) is 0 Å². The molecule has 1 N–H and O–H groups in total. The fraction of sp³-hybridized carbons (Fsp3) is 0.308. The molecule has 5 nitrogen and oxygen atoms in total. The van der Waals surface area contributed by atoms with Gasteiger partial charge in [-0.2, -0.15) is 0 Å². The number of benzene rings is 1. The van der Waals surface area contributed by atoms with Crippen LogP contribution in [0.2, 0.25) is 5.02 Å². The van der Waals surface area contributed by atoms with Crippen LogP contribution in [0.25, 0.3) is 0 Å². The zero-order valence-electron chi connectivity index (χ0n) is 11.1. The Labute approximate surface area is 123 Å². The van der Waals surface area contributed by atoms with Gasteiger partial charge < -0.3 is 4.52 Å². The van der Waals surface area contributed by atoms with E-state index < -0.39 is 16.1 Å². The molecule has 108 valence electrons. The van der Waals surface area contributed by atoms with Crippen molar-refractivity contribution in [1.82, 2.24) is 9.88 Å². The summed E-state index contributed by atoms with van der Waals surface area (Å²) in [5.41, 5.74) is 1.38. The van der Waals surface area contributed by atoms with Gasteiger partial charge in [0.15, 0.2) is 5.76 Å². The molecule has 0 saturated heterocycles. The summed E-state index contributed by atoms with van der Waals surface area (Å²) < 4.78 is 31.6. The third kappa shape index (κ3) is 3.82. The van der Waals surface area contributed by atoms with Gasteiger partial charge >= 0.3 is 0 Å². The van der Waals surface area contributed by atoms with Crippen LogP contribution in [-0.2, 0) is 15.8 Å². The van der Waals surface area contributed by atoms with Crippen LogP contribution in [0.15, 0.2) is 34.9 Å². The molecule has 20 heavy (non-hydrogen) atoms. The zero-order valence-corrected chi connectivity index (χ0v) is 12.7. The smallest absolute Gasteiger partial charge is 0.219 e. The molecular weight excluding hydrogens is 300 g/mol. The van der Waals surface area contributed by atoms with Gasteiger partial charge in [0, 0.05) is 17.1 Å². The van der Waals surface area contributed by atoms with E-state index in [1.54, 1.807) is 38.1 Å². The Morgan fingerprint density at radius 2 is 2.10 bits per heavy atom. The fourth-order valence-electron chi connectivity index (χ4n) is 1.87. The number of aromatic nitrogens is 1. The molecule has 0 unspecified atom stereocenters. The summed E-state index contributed by atoms with van der Waals surface area (Å²) in [7, 11) is -3.53. The molecule has 7 heteroatoms. The van der Waals surface area contributed by atoms with Crippen molar-refractivity contribution in [2.75, 3.05) is 0 Å². The molecule has 0 aliphatic heterocycles. The molecule has 2 aromatic rings. The van der Waals surface area contributed by atoms with Crippen LogP contribution >= 0.6 is 11.6 Å². The normalized spacial score (nSPS) is 13.3. The predicted octanol–water partition coefficient (Wildman–Crippen LogP) is 2.82. The minimum Gasteiger partial charge on any atom is -0.360 e. The van der Waals surface area contributed by atoms with E-state index in [1.807, 2.05) is 6.07 Å². The lowest BCUT2D eigenvalue weighted by molar-refractivity contribution is 0.388. The third-order valence-corrected chi connectivity index (χ3v) is 4.46. The Kier molecular flexibility index (Phi) is 4.47. The van der Waals surface area contributed by atoms with Gasteiger partial charge in [-0.15, -0.1) is 0 Å². The molecule has 0 saturated carbocycles. The van der Waals surface area contributed by atoms with Crippen molar-refractivity contribution in [3.05, 3.63) is 52.4 Å². The number of halogens is 1. The predicted molar refractivity (Wildman–Crippen MR) is 76.9 cm³/mol. The highest BCUT2D eigenvalue weighted by molar-refractivity contribution is 7.88. The van der Waals surface area contributed by atoms with E-state index in [-0.39, 0.29) is 5.75 Å². The first-order valence-electron chi connectivity index (χ1n) is 6.04. The molecular formula is C13H15ClN2O3S. The van der Waals surface area contributed by atoms with E-state index in [1.165, 1.54) is 0 Å². The molecule has 0 aliphatic rings. The summed E-state index contributed by atoms with van der Waals surface area (Å²) in [6, 6.07) is 8.29. The van der Waals surface area contributed by atoms with E-state index in [2.05, 4.69) is 9.88 Å². The molecule has 2 rings (SSSR count). The monoisotopic (exact) mass is 314 g/mol. The van der Waals surface area contributed by atoms with Crippen molar-refractivity contribution < 1.29 is 12.9 Å². The lowest BCUT2D eigenvalue weighted by Crippen LogP contribution is -2.28. The molecule has 0 radical (unpaired) electrons. The SMILES string of the molecule is Cc1cc(CS(=O)(=O)N[C@@H](C)c2ccccc2Cl)on1. The van der Waals surface area contributed by atoms with Gasteiger partial charge in [-0.25, -0.2) is 13.1 Å². The van der Waals surface area contributed by atoms with Gasteiger partial charge in [0.25, 0.3) is 0 Å². The number of aryl methyl sites for hydroxylation is 1. The molecule has 1 atom stereocenters. The molecule has 0 fully saturated rings. The maximum atomic E-state index is 12.1. The van der Waals surface area contributed by atoms with Crippen molar-refractivity contribution in [2.45, 2.75) is 25.6 Å². The molecule has 0 bridgehead atoms. The quantitative estimate of drug-likeness (QED) is 0.921. The Balaban J connectivity index is 2.10. The van der Waals surface area contributed by atoms with Crippen LogP contribution < -0.4 is 4.72 Å². The first-order chi connectivity index (χ1) is 9.37. The van der Waals surface area contributed by atoms with E-state index in [9.17, 15) is 8.42 Å². The van der Waals surface area contributed by atoms with Crippen LogP contribution in [0, 0.1) is 6.92 Å². The number of hydrogen-bond acceptors (Lipinski definition) is 4. The van der Waals surface area contributed by atoms with Crippen LogP contribution in [0.4, 0.5) is 0 Å². The fourth-order valence-corrected chi connectivity index (χ4v) is 3.43. The van der Waals surface area contributed by atoms with Crippen molar-refractivity contribution in [3.63, 3.8) is 0 Å². The van der Waals surface area contributed by atoms with Crippen LogP contribution in [0.1, 0.15) is 30.0 Å². The summed E-state index contributed by atoms with van der Waals surface area (Å²) in [5, 5.41) is 4.19. The zero-order chi connectivity index (χ0) is 14.8. The lowest BCUT2D eigenvalue weighted by Gasteiger charge is -2.15. The van der Waals surface area contributed by atoms with Gasteiger partial charge in [0.1, 0.15) is 5.75 Å². The summed E-state index contributed by atoms with van der Waals surface area (Å²) in [4.78, 5) is 0. The van der Waals surface area contributed by atoms with Crippen LogP contribution in [0.5, 0.6) is 0 Å². The topological polar surface area (TPSA) is 72.2 Å². The molecule has 1 aromatic heterocycles. The first-order valence-corrected chi connectivity index (χ1v) is 8.07. The number of hydrogen-bond donors (Lipinski definition) is 1. The van der Waals surface area contributed by atoms with E-state index in [0.717, 1.165) is 5.56 Å². The molecule has 1 aromatic carbocycles. The second-order valence-electron chi connectivity index (χ2n) is 4.55. The Morgan fingerprint density at radius 3 is 2.70 bits per heavy atom. The van der Waals surface area contributed by atoms with Crippen molar-refractivity contribution >= 4 is 21.6 Å².